The number of rotatable bonds is 8. The largest absolute Gasteiger partial charge is 0.495 e. The number of hydrogen-bond donors (Lipinski definition) is 1. The molecule has 3 aliphatic heterocycles. The molecule has 32 heavy (non-hydrogen) atoms. The van der Waals surface area contributed by atoms with Gasteiger partial charge < -0.3 is 24.2 Å². The average molecular weight is 444 g/mol. The number of hydrogen-bond acceptors (Lipinski definition) is 7. The Balaban J connectivity index is 1.16. The minimum atomic E-state index is -0.434. The molecule has 3 heterocycles. The quantitative estimate of drug-likeness (QED) is 0.657. The molecule has 3 saturated heterocycles. The van der Waals surface area contributed by atoms with Crippen molar-refractivity contribution in [2.24, 2.45) is 11.8 Å². The third-order valence-electron chi connectivity index (χ3n) is 8.06. The van der Waals surface area contributed by atoms with Crippen LogP contribution in [0.3, 0.4) is 0 Å². The van der Waals surface area contributed by atoms with E-state index in [1.165, 1.54) is 25.7 Å². The molecule has 176 valence electrons. The molecule has 7 heteroatoms. The Kier molecular flexibility index (Phi) is 5.80. The van der Waals surface area contributed by atoms with E-state index in [0.717, 1.165) is 62.5 Å². The number of ether oxygens (including phenoxy) is 3. The normalized spacial score (nSPS) is 35.5. The van der Waals surface area contributed by atoms with Gasteiger partial charge in [0.25, 0.3) is 0 Å². The first-order chi connectivity index (χ1) is 15.7. The second-order valence-corrected chi connectivity index (χ2v) is 10.4. The highest BCUT2D eigenvalue weighted by atomic mass is 16.7. The second-order valence-electron chi connectivity index (χ2n) is 10.4. The van der Waals surface area contributed by atoms with E-state index >= 15 is 0 Å². The van der Waals surface area contributed by atoms with Gasteiger partial charge in [-0.2, -0.15) is 0 Å². The molecule has 1 aromatic rings. The molecule has 0 radical (unpaired) electrons. The fourth-order valence-corrected chi connectivity index (χ4v) is 5.95. The highest BCUT2D eigenvalue weighted by molar-refractivity contribution is 5.58. The smallest absolute Gasteiger partial charge is 0.176 e. The number of benzene rings is 1. The molecule has 1 N–H and O–H groups in total. The van der Waals surface area contributed by atoms with Crippen molar-refractivity contribution < 1.29 is 19.3 Å². The zero-order valence-corrected chi connectivity index (χ0v) is 19.1. The molecule has 5 unspecified atom stereocenters. The van der Waals surface area contributed by atoms with Crippen LogP contribution in [-0.4, -0.2) is 98.5 Å². The zero-order valence-electron chi connectivity index (χ0n) is 19.1. The molecular weight excluding hydrogens is 406 g/mol. The van der Waals surface area contributed by atoms with E-state index in [-0.39, 0.29) is 24.5 Å². The van der Waals surface area contributed by atoms with E-state index in [1.54, 1.807) is 7.11 Å². The molecule has 2 aliphatic carbocycles. The van der Waals surface area contributed by atoms with Gasteiger partial charge in [0, 0.05) is 39.3 Å². The molecule has 0 spiro atoms. The summed E-state index contributed by atoms with van der Waals surface area (Å²) in [7, 11) is 1.73. The Bertz CT molecular complexity index is 779. The van der Waals surface area contributed by atoms with E-state index < -0.39 is 6.10 Å². The Morgan fingerprint density at radius 2 is 1.72 bits per heavy atom. The molecule has 5 atom stereocenters. The number of fused-ring (bicyclic) bond motifs is 2. The number of nitrogens with zero attached hydrogens (tertiary/aromatic N) is 3. The maximum Gasteiger partial charge on any atom is 0.176 e. The minimum absolute atomic E-state index is 0.00128. The maximum atomic E-state index is 11.7. The van der Waals surface area contributed by atoms with Crippen LogP contribution in [0, 0.1) is 11.8 Å². The van der Waals surface area contributed by atoms with Crippen molar-refractivity contribution in [3.05, 3.63) is 24.3 Å². The summed E-state index contributed by atoms with van der Waals surface area (Å²) in [6, 6.07) is 8.17. The number of anilines is 1. The summed E-state index contributed by atoms with van der Waals surface area (Å²) in [6.07, 6.45) is 4.60. The molecule has 2 saturated carbocycles. The van der Waals surface area contributed by atoms with E-state index in [2.05, 4.69) is 26.8 Å². The van der Waals surface area contributed by atoms with Crippen molar-refractivity contribution in [1.82, 2.24) is 9.80 Å². The van der Waals surface area contributed by atoms with Crippen molar-refractivity contribution in [3.63, 3.8) is 0 Å². The molecule has 0 aromatic heterocycles. The monoisotopic (exact) mass is 443 g/mol. The molecule has 1 aromatic carbocycles. The van der Waals surface area contributed by atoms with Crippen LogP contribution in [0.2, 0.25) is 0 Å². The van der Waals surface area contributed by atoms with E-state index in [1.807, 2.05) is 12.1 Å². The van der Waals surface area contributed by atoms with Gasteiger partial charge in [-0.3, -0.25) is 9.80 Å². The second kappa shape index (κ2) is 8.76. The lowest BCUT2D eigenvalue weighted by atomic mass is 9.92. The molecule has 2 bridgehead atoms. The van der Waals surface area contributed by atoms with Crippen LogP contribution in [0.1, 0.15) is 25.7 Å². The van der Waals surface area contributed by atoms with Crippen LogP contribution in [-0.2, 0) is 9.47 Å². The van der Waals surface area contributed by atoms with Gasteiger partial charge in [0.05, 0.1) is 37.6 Å². The van der Waals surface area contributed by atoms with Crippen molar-refractivity contribution in [2.45, 2.75) is 56.3 Å². The number of para-hydroxylation sites is 2. The van der Waals surface area contributed by atoms with Crippen LogP contribution in [0.4, 0.5) is 5.69 Å². The standard InChI is InChI=1S/C25H37N3O4/c1-30-20-5-3-2-4-19(20)26-10-12-27(13-11-26)23-24(29)22(21-16-31-25(23)32-21)28(14-17-6-7-17)15-18-8-9-18/h2-5,17-18,21-25,29H,6-16H2,1H3. The first-order valence-corrected chi connectivity index (χ1v) is 12.5. The molecule has 6 rings (SSSR count). The Labute approximate surface area is 191 Å². The first kappa shape index (κ1) is 21.2. The van der Waals surface area contributed by atoms with Crippen LogP contribution in [0.15, 0.2) is 24.3 Å². The summed E-state index contributed by atoms with van der Waals surface area (Å²) in [6.45, 7) is 6.39. The van der Waals surface area contributed by atoms with Gasteiger partial charge in [-0.25, -0.2) is 0 Å². The SMILES string of the molecule is COc1ccccc1N1CCN(C2C3OCC(O3)C(N(CC3CC3)CC3CC3)C2O)CC1. The average Bonchev–Trinajstić information content (AvgIpc) is 3.75. The summed E-state index contributed by atoms with van der Waals surface area (Å²) in [5.74, 6) is 2.53. The topological polar surface area (TPSA) is 57.6 Å². The first-order valence-electron chi connectivity index (χ1n) is 12.5. The third kappa shape index (κ3) is 4.14. The van der Waals surface area contributed by atoms with Crippen LogP contribution >= 0.6 is 0 Å². The highest BCUT2D eigenvalue weighted by Crippen LogP contribution is 2.40. The summed E-state index contributed by atoms with van der Waals surface area (Å²) in [4.78, 5) is 7.36. The highest BCUT2D eigenvalue weighted by Gasteiger charge is 2.54. The van der Waals surface area contributed by atoms with Crippen molar-refractivity contribution >= 4 is 5.69 Å². The van der Waals surface area contributed by atoms with Crippen molar-refractivity contribution in [2.75, 3.05) is 57.9 Å². The summed E-state index contributed by atoms with van der Waals surface area (Å²) in [5.41, 5.74) is 1.14. The van der Waals surface area contributed by atoms with Crippen LogP contribution < -0.4 is 9.64 Å². The predicted octanol–water partition coefficient (Wildman–Crippen LogP) is 1.79. The number of methoxy groups -OCH3 is 1. The van der Waals surface area contributed by atoms with Gasteiger partial charge in [-0.1, -0.05) is 12.1 Å². The van der Waals surface area contributed by atoms with Gasteiger partial charge in [-0.05, 0) is 49.7 Å². The van der Waals surface area contributed by atoms with Gasteiger partial charge in [0.15, 0.2) is 6.29 Å². The Hall–Kier alpha value is -1.38. The zero-order chi connectivity index (χ0) is 21.7. The minimum Gasteiger partial charge on any atom is -0.495 e. The van der Waals surface area contributed by atoms with E-state index in [4.69, 9.17) is 14.2 Å². The summed E-state index contributed by atoms with van der Waals surface area (Å²) >= 11 is 0. The fourth-order valence-electron chi connectivity index (χ4n) is 5.95. The van der Waals surface area contributed by atoms with E-state index in [9.17, 15) is 5.11 Å². The van der Waals surface area contributed by atoms with Crippen LogP contribution in [0.5, 0.6) is 5.75 Å². The number of aliphatic hydroxyl groups excluding tert-OH is 1. The van der Waals surface area contributed by atoms with E-state index in [0.29, 0.717) is 6.61 Å². The van der Waals surface area contributed by atoms with Gasteiger partial charge >= 0.3 is 0 Å². The Morgan fingerprint density at radius 3 is 2.38 bits per heavy atom. The van der Waals surface area contributed by atoms with Crippen molar-refractivity contribution in [1.29, 1.82) is 0 Å². The lowest BCUT2D eigenvalue weighted by Crippen LogP contribution is -2.67. The van der Waals surface area contributed by atoms with Gasteiger partial charge in [0.2, 0.25) is 0 Å². The van der Waals surface area contributed by atoms with Gasteiger partial charge in [-0.15, -0.1) is 0 Å². The maximum absolute atomic E-state index is 11.7. The summed E-state index contributed by atoms with van der Waals surface area (Å²) < 4.78 is 18.1. The fraction of sp³-hybridized carbons (Fsp3) is 0.760. The Morgan fingerprint density at radius 1 is 1.03 bits per heavy atom. The molecular formula is C25H37N3O4. The van der Waals surface area contributed by atoms with Crippen molar-refractivity contribution in [3.8, 4) is 5.75 Å². The number of aliphatic hydroxyl groups is 1. The van der Waals surface area contributed by atoms with Gasteiger partial charge in [0.1, 0.15) is 11.9 Å². The lowest BCUT2D eigenvalue weighted by molar-refractivity contribution is -0.199. The number of piperazine rings is 1. The third-order valence-corrected chi connectivity index (χ3v) is 8.06. The van der Waals surface area contributed by atoms with Crippen LogP contribution in [0.25, 0.3) is 0 Å². The predicted molar refractivity (Wildman–Crippen MR) is 122 cm³/mol. The lowest BCUT2D eigenvalue weighted by Gasteiger charge is -2.49. The molecule has 0 amide bonds. The molecule has 5 aliphatic rings. The summed E-state index contributed by atoms with van der Waals surface area (Å²) in [5, 5.41) is 11.7. The molecule has 7 nitrogen and oxygen atoms in total. The molecule has 5 fully saturated rings.